The highest BCUT2D eigenvalue weighted by molar-refractivity contribution is 14.1. The molecule has 0 heterocycles. The number of benzene rings is 1. The molecule has 1 aromatic carbocycles. The van der Waals surface area contributed by atoms with Crippen LogP contribution in [0.15, 0.2) is 24.3 Å². The zero-order valence-electron chi connectivity index (χ0n) is 8.99. The van der Waals surface area contributed by atoms with Gasteiger partial charge in [-0.3, -0.25) is 4.79 Å². The lowest BCUT2D eigenvalue weighted by molar-refractivity contribution is -0.142. The summed E-state index contributed by atoms with van der Waals surface area (Å²) in [7, 11) is 1.29. The van der Waals surface area contributed by atoms with Crippen molar-refractivity contribution in [2.45, 2.75) is 13.0 Å². The van der Waals surface area contributed by atoms with E-state index < -0.39 is 12.0 Å². The lowest BCUT2D eigenvalue weighted by atomic mass is 10.2. The van der Waals surface area contributed by atoms with E-state index in [9.17, 15) is 9.59 Å². The summed E-state index contributed by atoms with van der Waals surface area (Å²) in [4.78, 5) is 22.8. The first-order valence-electron chi connectivity index (χ1n) is 4.69. The van der Waals surface area contributed by atoms with Gasteiger partial charge in [0.2, 0.25) is 0 Å². The van der Waals surface area contributed by atoms with Crippen molar-refractivity contribution in [1.29, 1.82) is 0 Å². The first kappa shape index (κ1) is 13.0. The summed E-state index contributed by atoms with van der Waals surface area (Å²) < 4.78 is 5.49. The van der Waals surface area contributed by atoms with E-state index in [-0.39, 0.29) is 5.91 Å². The van der Waals surface area contributed by atoms with E-state index in [4.69, 9.17) is 0 Å². The SMILES string of the molecule is COC(=O)C(C)NC(=O)c1cccc(I)c1. The van der Waals surface area contributed by atoms with Gasteiger partial charge in [-0.05, 0) is 47.7 Å². The van der Waals surface area contributed by atoms with Gasteiger partial charge >= 0.3 is 5.97 Å². The van der Waals surface area contributed by atoms with Crippen LogP contribution in [0.1, 0.15) is 17.3 Å². The van der Waals surface area contributed by atoms with Crippen LogP contribution in [0, 0.1) is 3.57 Å². The fraction of sp³-hybridized carbons (Fsp3) is 0.273. The number of carbonyl (C=O) groups is 2. The molecule has 1 unspecified atom stereocenters. The second-order valence-corrected chi connectivity index (χ2v) is 4.47. The molecule has 0 saturated carbocycles. The van der Waals surface area contributed by atoms with Crippen LogP contribution >= 0.6 is 22.6 Å². The predicted molar refractivity (Wildman–Crippen MR) is 68.1 cm³/mol. The number of nitrogens with one attached hydrogen (secondary N) is 1. The minimum absolute atomic E-state index is 0.281. The number of carbonyl (C=O) groups excluding carboxylic acids is 2. The maximum atomic E-state index is 11.7. The summed E-state index contributed by atoms with van der Waals surface area (Å²) in [6.45, 7) is 1.58. The number of hydrogen-bond donors (Lipinski definition) is 1. The Morgan fingerprint density at radius 3 is 2.69 bits per heavy atom. The highest BCUT2D eigenvalue weighted by Crippen LogP contribution is 2.07. The maximum Gasteiger partial charge on any atom is 0.328 e. The molecule has 86 valence electrons. The molecule has 0 bridgehead atoms. The van der Waals surface area contributed by atoms with Crippen molar-refractivity contribution in [3.05, 3.63) is 33.4 Å². The van der Waals surface area contributed by atoms with E-state index in [2.05, 4.69) is 32.6 Å². The van der Waals surface area contributed by atoms with Gasteiger partial charge in [-0.2, -0.15) is 0 Å². The van der Waals surface area contributed by atoms with Gasteiger partial charge in [0.05, 0.1) is 7.11 Å². The third-order valence-corrected chi connectivity index (χ3v) is 2.66. The summed E-state index contributed by atoms with van der Waals surface area (Å²) in [5, 5.41) is 2.56. The summed E-state index contributed by atoms with van der Waals surface area (Å²) >= 11 is 2.12. The Balaban J connectivity index is 2.69. The van der Waals surface area contributed by atoms with Gasteiger partial charge in [0.25, 0.3) is 5.91 Å². The van der Waals surface area contributed by atoms with Gasteiger partial charge in [0.1, 0.15) is 6.04 Å². The smallest absolute Gasteiger partial charge is 0.328 e. The molecule has 1 rings (SSSR count). The summed E-state index contributed by atoms with van der Waals surface area (Å²) in [5.74, 6) is -0.740. The molecule has 1 atom stereocenters. The van der Waals surface area contributed by atoms with Gasteiger partial charge in [-0.1, -0.05) is 6.07 Å². The van der Waals surface area contributed by atoms with E-state index in [1.54, 1.807) is 25.1 Å². The van der Waals surface area contributed by atoms with E-state index in [0.717, 1.165) is 3.57 Å². The monoisotopic (exact) mass is 333 g/mol. The molecule has 0 spiro atoms. The van der Waals surface area contributed by atoms with Crippen LogP contribution in [-0.2, 0) is 9.53 Å². The van der Waals surface area contributed by atoms with Gasteiger partial charge in [0, 0.05) is 9.13 Å². The van der Waals surface area contributed by atoms with Crippen LogP contribution in [0.4, 0.5) is 0 Å². The van der Waals surface area contributed by atoms with Gasteiger partial charge < -0.3 is 10.1 Å². The molecule has 16 heavy (non-hydrogen) atoms. The predicted octanol–water partition coefficient (Wildman–Crippen LogP) is 1.58. The van der Waals surface area contributed by atoms with Crippen molar-refractivity contribution in [3.63, 3.8) is 0 Å². The normalized spacial score (nSPS) is 11.7. The fourth-order valence-corrected chi connectivity index (χ4v) is 1.69. The molecule has 5 heteroatoms. The highest BCUT2D eigenvalue weighted by atomic mass is 127. The molecule has 0 saturated heterocycles. The molecule has 0 aromatic heterocycles. The number of hydrogen-bond acceptors (Lipinski definition) is 3. The van der Waals surface area contributed by atoms with E-state index in [1.807, 2.05) is 6.07 Å². The lowest BCUT2D eigenvalue weighted by Gasteiger charge is -2.11. The molecule has 0 aliphatic rings. The first-order chi connectivity index (χ1) is 7.54. The summed E-state index contributed by atoms with van der Waals surface area (Å²) in [5.41, 5.74) is 0.530. The van der Waals surface area contributed by atoms with Gasteiger partial charge in [-0.25, -0.2) is 4.79 Å². The molecular formula is C11H12INO3. The second-order valence-electron chi connectivity index (χ2n) is 3.23. The topological polar surface area (TPSA) is 55.4 Å². The number of ether oxygens (including phenoxy) is 1. The number of esters is 1. The fourth-order valence-electron chi connectivity index (χ4n) is 1.15. The molecule has 0 aliphatic heterocycles. The number of rotatable bonds is 3. The summed E-state index contributed by atoms with van der Waals surface area (Å²) in [6, 6.07) is 6.48. The molecule has 1 aromatic rings. The molecule has 1 amide bonds. The maximum absolute atomic E-state index is 11.7. The number of amides is 1. The van der Waals surface area contributed by atoms with E-state index in [1.165, 1.54) is 7.11 Å². The van der Waals surface area contributed by atoms with Gasteiger partial charge in [0.15, 0.2) is 0 Å². The average Bonchev–Trinajstić information content (AvgIpc) is 2.27. The van der Waals surface area contributed by atoms with Crippen molar-refractivity contribution in [2.75, 3.05) is 7.11 Å². The third-order valence-electron chi connectivity index (χ3n) is 1.99. The average molecular weight is 333 g/mol. The van der Waals surface area contributed by atoms with Crippen molar-refractivity contribution >= 4 is 34.5 Å². The standard InChI is InChI=1S/C11H12INO3/c1-7(11(15)16-2)13-10(14)8-4-3-5-9(12)6-8/h3-7H,1-2H3,(H,13,14). The van der Waals surface area contributed by atoms with Crippen LogP contribution in [0.5, 0.6) is 0 Å². The molecule has 4 nitrogen and oxygen atoms in total. The minimum Gasteiger partial charge on any atom is -0.467 e. The van der Waals surface area contributed by atoms with Crippen molar-refractivity contribution in [1.82, 2.24) is 5.32 Å². The number of halogens is 1. The molecule has 0 aliphatic carbocycles. The van der Waals surface area contributed by atoms with E-state index >= 15 is 0 Å². The van der Waals surface area contributed by atoms with Crippen LogP contribution in [-0.4, -0.2) is 25.0 Å². The molecular weight excluding hydrogens is 321 g/mol. The Morgan fingerprint density at radius 2 is 2.12 bits per heavy atom. The number of methoxy groups -OCH3 is 1. The quantitative estimate of drug-likeness (QED) is 0.675. The van der Waals surface area contributed by atoms with Gasteiger partial charge in [-0.15, -0.1) is 0 Å². The first-order valence-corrected chi connectivity index (χ1v) is 5.76. The third kappa shape index (κ3) is 3.48. The van der Waals surface area contributed by atoms with Crippen LogP contribution in [0.3, 0.4) is 0 Å². The Bertz CT molecular complexity index is 406. The van der Waals surface area contributed by atoms with Crippen molar-refractivity contribution < 1.29 is 14.3 Å². The van der Waals surface area contributed by atoms with Crippen LogP contribution < -0.4 is 5.32 Å². The molecule has 1 N–H and O–H groups in total. The Hall–Kier alpha value is -1.11. The lowest BCUT2D eigenvalue weighted by Crippen LogP contribution is -2.39. The summed E-state index contributed by atoms with van der Waals surface area (Å²) in [6.07, 6.45) is 0. The largest absolute Gasteiger partial charge is 0.467 e. The molecule has 0 radical (unpaired) electrons. The zero-order valence-corrected chi connectivity index (χ0v) is 11.1. The van der Waals surface area contributed by atoms with Crippen LogP contribution in [0.2, 0.25) is 0 Å². The van der Waals surface area contributed by atoms with Crippen molar-refractivity contribution in [2.24, 2.45) is 0 Å². The van der Waals surface area contributed by atoms with Crippen LogP contribution in [0.25, 0.3) is 0 Å². The molecule has 0 fully saturated rings. The Morgan fingerprint density at radius 1 is 1.44 bits per heavy atom. The Kier molecular flexibility index (Phi) is 4.72. The van der Waals surface area contributed by atoms with E-state index in [0.29, 0.717) is 5.56 Å². The second kappa shape index (κ2) is 5.83. The minimum atomic E-state index is -0.643. The van der Waals surface area contributed by atoms with Crippen molar-refractivity contribution in [3.8, 4) is 0 Å². The zero-order chi connectivity index (χ0) is 12.1. The Labute approximate surface area is 108 Å². The highest BCUT2D eigenvalue weighted by Gasteiger charge is 2.16.